The summed E-state index contributed by atoms with van der Waals surface area (Å²) in [6.07, 6.45) is 2.35. The Balaban J connectivity index is 1.98. The van der Waals surface area contributed by atoms with Crippen LogP contribution in [0.3, 0.4) is 0 Å². The molecule has 0 fully saturated rings. The van der Waals surface area contributed by atoms with Gasteiger partial charge in [-0.3, -0.25) is 9.59 Å². The van der Waals surface area contributed by atoms with E-state index in [1.807, 2.05) is 38.1 Å². The lowest BCUT2D eigenvalue weighted by Gasteiger charge is -2.12. The van der Waals surface area contributed by atoms with E-state index in [0.717, 1.165) is 12.0 Å². The molecule has 0 saturated heterocycles. The Kier molecular flexibility index (Phi) is 8.42. The van der Waals surface area contributed by atoms with Gasteiger partial charge in [0.05, 0.1) is 6.61 Å². The molecule has 0 aliphatic heterocycles. The van der Waals surface area contributed by atoms with Crippen LogP contribution in [0.5, 0.6) is 5.88 Å². The minimum atomic E-state index is -0.283. The van der Waals surface area contributed by atoms with Crippen molar-refractivity contribution in [1.82, 2.24) is 10.3 Å². The van der Waals surface area contributed by atoms with Gasteiger partial charge >= 0.3 is 0 Å². The molecule has 1 atom stereocenters. The second-order valence-electron chi connectivity index (χ2n) is 6.38. The SMILES string of the molecule is CCC(C)C(=O)Nc1cccc(CNC(=O)c2cccnc2OCCOC)c1. The minimum Gasteiger partial charge on any atom is -0.475 e. The summed E-state index contributed by atoms with van der Waals surface area (Å²) < 4.78 is 10.4. The summed E-state index contributed by atoms with van der Waals surface area (Å²) in [6.45, 7) is 4.90. The molecule has 1 unspecified atom stereocenters. The van der Waals surface area contributed by atoms with Gasteiger partial charge in [-0.2, -0.15) is 0 Å². The topological polar surface area (TPSA) is 89.6 Å². The fourth-order valence-electron chi connectivity index (χ4n) is 2.39. The summed E-state index contributed by atoms with van der Waals surface area (Å²) in [5, 5.41) is 5.75. The molecule has 7 nitrogen and oxygen atoms in total. The van der Waals surface area contributed by atoms with Crippen molar-refractivity contribution in [2.45, 2.75) is 26.8 Å². The minimum absolute atomic E-state index is 0.0168. The molecular formula is C21H27N3O4. The van der Waals surface area contributed by atoms with Crippen LogP contribution in [0.15, 0.2) is 42.6 Å². The van der Waals surface area contributed by atoms with Crippen molar-refractivity contribution in [3.63, 3.8) is 0 Å². The van der Waals surface area contributed by atoms with Crippen LogP contribution in [0.1, 0.15) is 36.2 Å². The van der Waals surface area contributed by atoms with Gasteiger partial charge in [-0.1, -0.05) is 26.0 Å². The number of rotatable bonds is 10. The van der Waals surface area contributed by atoms with Crippen molar-refractivity contribution in [2.24, 2.45) is 5.92 Å². The highest BCUT2D eigenvalue weighted by Gasteiger charge is 2.14. The number of anilines is 1. The first-order valence-corrected chi connectivity index (χ1v) is 9.29. The summed E-state index contributed by atoms with van der Waals surface area (Å²) in [5.41, 5.74) is 1.95. The predicted octanol–water partition coefficient (Wildman–Crippen LogP) is 3.02. The zero-order valence-corrected chi connectivity index (χ0v) is 16.5. The molecule has 1 aromatic carbocycles. The van der Waals surface area contributed by atoms with Crippen molar-refractivity contribution in [3.05, 3.63) is 53.7 Å². The normalized spacial score (nSPS) is 11.5. The zero-order chi connectivity index (χ0) is 20.4. The maximum absolute atomic E-state index is 12.5. The molecule has 2 N–H and O–H groups in total. The third-order valence-electron chi connectivity index (χ3n) is 4.25. The molecule has 0 radical (unpaired) electrons. The quantitative estimate of drug-likeness (QED) is 0.614. The molecule has 150 valence electrons. The van der Waals surface area contributed by atoms with Crippen molar-refractivity contribution >= 4 is 17.5 Å². The maximum atomic E-state index is 12.5. The second kappa shape index (κ2) is 11.0. The first-order valence-electron chi connectivity index (χ1n) is 9.29. The highest BCUT2D eigenvalue weighted by molar-refractivity contribution is 5.96. The van der Waals surface area contributed by atoms with Gasteiger partial charge in [0, 0.05) is 31.5 Å². The van der Waals surface area contributed by atoms with Crippen LogP contribution in [0.4, 0.5) is 5.69 Å². The zero-order valence-electron chi connectivity index (χ0n) is 16.5. The Labute approximate surface area is 165 Å². The molecule has 2 aromatic rings. The summed E-state index contributed by atoms with van der Waals surface area (Å²) >= 11 is 0. The number of methoxy groups -OCH3 is 1. The van der Waals surface area contributed by atoms with Crippen molar-refractivity contribution in [1.29, 1.82) is 0 Å². The van der Waals surface area contributed by atoms with Crippen LogP contribution in [0, 0.1) is 5.92 Å². The van der Waals surface area contributed by atoms with E-state index in [2.05, 4.69) is 15.6 Å². The summed E-state index contributed by atoms with van der Waals surface area (Å²) in [5.74, 6) is -0.0801. The number of hydrogen-bond acceptors (Lipinski definition) is 5. The Morgan fingerprint density at radius 2 is 2.00 bits per heavy atom. The van der Waals surface area contributed by atoms with E-state index >= 15 is 0 Å². The molecule has 1 heterocycles. The molecule has 28 heavy (non-hydrogen) atoms. The number of aromatic nitrogens is 1. The number of pyridine rings is 1. The Bertz CT molecular complexity index is 795. The van der Waals surface area contributed by atoms with Crippen LogP contribution in [0.2, 0.25) is 0 Å². The fourth-order valence-corrected chi connectivity index (χ4v) is 2.39. The van der Waals surface area contributed by atoms with E-state index in [4.69, 9.17) is 9.47 Å². The molecule has 0 aliphatic rings. The lowest BCUT2D eigenvalue weighted by Crippen LogP contribution is -2.24. The molecule has 0 saturated carbocycles. The standard InChI is InChI=1S/C21H27N3O4/c1-4-15(2)19(25)24-17-8-5-7-16(13-17)14-23-20(26)18-9-6-10-22-21(18)28-12-11-27-3/h5-10,13,15H,4,11-12,14H2,1-3H3,(H,23,26)(H,24,25). The van der Waals surface area contributed by atoms with E-state index in [1.165, 1.54) is 0 Å². The van der Waals surface area contributed by atoms with E-state index in [0.29, 0.717) is 31.0 Å². The van der Waals surface area contributed by atoms with Gasteiger partial charge in [0.15, 0.2) is 0 Å². The molecule has 2 amide bonds. The van der Waals surface area contributed by atoms with Crippen LogP contribution in [0.25, 0.3) is 0 Å². The first-order chi connectivity index (χ1) is 13.5. The maximum Gasteiger partial charge on any atom is 0.257 e. The first kappa shape index (κ1) is 21.4. The largest absolute Gasteiger partial charge is 0.475 e. The number of ether oxygens (including phenoxy) is 2. The number of carbonyl (C=O) groups is 2. The number of nitrogens with one attached hydrogen (secondary N) is 2. The average Bonchev–Trinajstić information content (AvgIpc) is 2.72. The molecule has 1 aromatic heterocycles. The molecular weight excluding hydrogens is 358 g/mol. The monoisotopic (exact) mass is 385 g/mol. The van der Waals surface area contributed by atoms with Gasteiger partial charge in [0.2, 0.25) is 11.8 Å². The highest BCUT2D eigenvalue weighted by Crippen LogP contribution is 2.16. The summed E-state index contributed by atoms with van der Waals surface area (Å²) in [4.78, 5) is 28.7. The molecule has 2 rings (SSSR count). The van der Waals surface area contributed by atoms with Crippen molar-refractivity contribution in [3.8, 4) is 5.88 Å². The lowest BCUT2D eigenvalue weighted by atomic mass is 10.1. The van der Waals surface area contributed by atoms with Crippen molar-refractivity contribution in [2.75, 3.05) is 25.6 Å². The lowest BCUT2D eigenvalue weighted by molar-refractivity contribution is -0.119. The van der Waals surface area contributed by atoms with Gasteiger partial charge in [0.1, 0.15) is 12.2 Å². The molecule has 7 heteroatoms. The van der Waals surface area contributed by atoms with Gasteiger partial charge in [-0.25, -0.2) is 4.98 Å². The predicted molar refractivity (Wildman–Crippen MR) is 107 cm³/mol. The Hall–Kier alpha value is -2.93. The average molecular weight is 385 g/mol. The number of hydrogen-bond donors (Lipinski definition) is 2. The van der Waals surface area contributed by atoms with Gasteiger partial charge in [0.25, 0.3) is 5.91 Å². The number of amides is 2. The summed E-state index contributed by atoms with van der Waals surface area (Å²) in [6, 6.07) is 10.8. The third-order valence-corrected chi connectivity index (χ3v) is 4.25. The van der Waals surface area contributed by atoms with E-state index in [-0.39, 0.29) is 23.6 Å². The smallest absolute Gasteiger partial charge is 0.257 e. The number of carbonyl (C=O) groups excluding carboxylic acids is 2. The number of benzene rings is 1. The Morgan fingerprint density at radius 1 is 1.18 bits per heavy atom. The van der Waals surface area contributed by atoms with Crippen LogP contribution in [-0.2, 0) is 16.1 Å². The third kappa shape index (κ3) is 6.35. The van der Waals surface area contributed by atoms with Crippen LogP contribution < -0.4 is 15.4 Å². The van der Waals surface area contributed by atoms with Crippen LogP contribution >= 0.6 is 0 Å². The van der Waals surface area contributed by atoms with E-state index in [9.17, 15) is 9.59 Å². The van der Waals surface area contributed by atoms with E-state index in [1.54, 1.807) is 25.4 Å². The van der Waals surface area contributed by atoms with Gasteiger partial charge in [-0.05, 0) is 36.2 Å². The van der Waals surface area contributed by atoms with Gasteiger partial charge < -0.3 is 20.1 Å². The number of nitrogens with zero attached hydrogens (tertiary/aromatic N) is 1. The fraction of sp³-hybridized carbons (Fsp3) is 0.381. The molecule has 0 bridgehead atoms. The van der Waals surface area contributed by atoms with Gasteiger partial charge in [-0.15, -0.1) is 0 Å². The van der Waals surface area contributed by atoms with Crippen molar-refractivity contribution < 1.29 is 19.1 Å². The summed E-state index contributed by atoms with van der Waals surface area (Å²) in [7, 11) is 1.58. The molecule has 0 spiro atoms. The Morgan fingerprint density at radius 3 is 2.75 bits per heavy atom. The van der Waals surface area contributed by atoms with Crippen LogP contribution in [-0.4, -0.2) is 37.1 Å². The van der Waals surface area contributed by atoms with E-state index < -0.39 is 0 Å². The highest BCUT2D eigenvalue weighted by atomic mass is 16.5. The molecule has 0 aliphatic carbocycles. The second-order valence-corrected chi connectivity index (χ2v) is 6.38.